The first kappa shape index (κ1) is 16.5. The molecule has 1 aliphatic rings. The highest BCUT2D eigenvalue weighted by Gasteiger charge is 2.27. The molecule has 1 aliphatic carbocycles. The van der Waals surface area contributed by atoms with E-state index in [0.717, 1.165) is 18.8 Å². The predicted molar refractivity (Wildman–Crippen MR) is 78.8 cm³/mol. The SMILES string of the molecule is CCCCC1CCC(C(=O)NC(C)C(C)CO)CC1. The molecule has 0 bridgehead atoms. The Morgan fingerprint density at radius 3 is 2.42 bits per heavy atom. The average Bonchev–Trinajstić information content (AvgIpc) is 2.44. The summed E-state index contributed by atoms with van der Waals surface area (Å²) in [6, 6.07) is 0.0651. The number of unbranched alkanes of at least 4 members (excludes halogenated alkanes) is 1. The van der Waals surface area contributed by atoms with Gasteiger partial charge >= 0.3 is 0 Å². The first-order valence-electron chi connectivity index (χ1n) is 7.99. The van der Waals surface area contributed by atoms with Crippen molar-refractivity contribution in [3.8, 4) is 0 Å². The molecule has 0 aromatic rings. The fourth-order valence-corrected chi connectivity index (χ4v) is 2.85. The van der Waals surface area contributed by atoms with Crippen molar-refractivity contribution >= 4 is 5.91 Å². The van der Waals surface area contributed by atoms with Crippen LogP contribution in [0.15, 0.2) is 0 Å². The summed E-state index contributed by atoms with van der Waals surface area (Å²) in [4.78, 5) is 12.2. The number of hydrogen-bond donors (Lipinski definition) is 2. The molecule has 19 heavy (non-hydrogen) atoms. The molecule has 2 unspecified atom stereocenters. The quantitative estimate of drug-likeness (QED) is 0.746. The van der Waals surface area contributed by atoms with Gasteiger partial charge in [0, 0.05) is 18.6 Å². The van der Waals surface area contributed by atoms with Gasteiger partial charge in [-0.2, -0.15) is 0 Å². The monoisotopic (exact) mass is 269 g/mol. The van der Waals surface area contributed by atoms with Crippen LogP contribution in [0.3, 0.4) is 0 Å². The first-order valence-corrected chi connectivity index (χ1v) is 7.99. The summed E-state index contributed by atoms with van der Waals surface area (Å²) in [5, 5.41) is 12.2. The number of aliphatic hydroxyl groups is 1. The van der Waals surface area contributed by atoms with Gasteiger partial charge in [-0.15, -0.1) is 0 Å². The van der Waals surface area contributed by atoms with Crippen LogP contribution in [0.25, 0.3) is 0 Å². The third kappa shape index (κ3) is 5.52. The maximum atomic E-state index is 12.2. The molecule has 1 saturated carbocycles. The summed E-state index contributed by atoms with van der Waals surface area (Å²) in [6.45, 7) is 6.31. The third-order valence-corrected chi connectivity index (χ3v) is 4.69. The van der Waals surface area contributed by atoms with Crippen LogP contribution < -0.4 is 5.32 Å². The van der Waals surface area contributed by atoms with Crippen molar-refractivity contribution in [2.24, 2.45) is 17.8 Å². The van der Waals surface area contributed by atoms with Crippen LogP contribution in [0.1, 0.15) is 65.7 Å². The maximum absolute atomic E-state index is 12.2. The molecule has 0 saturated heterocycles. The second kappa shape index (κ2) is 8.57. The smallest absolute Gasteiger partial charge is 0.223 e. The lowest BCUT2D eigenvalue weighted by Gasteiger charge is -2.29. The van der Waals surface area contributed by atoms with Crippen molar-refractivity contribution in [3.63, 3.8) is 0 Å². The summed E-state index contributed by atoms with van der Waals surface area (Å²) < 4.78 is 0. The van der Waals surface area contributed by atoms with Crippen molar-refractivity contribution < 1.29 is 9.90 Å². The largest absolute Gasteiger partial charge is 0.396 e. The van der Waals surface area contributed by atoms with E-state index in [-0.39, 0.29) is 30.4 Å². The van der Waals surface area contributed by atoms with Gasteiger partial charge in [-0.25, -0.2) is 0 Å². The fourth-order valence-electron chi connectivity index (χ4n) is 2.85. The summed E-state index contributed by atoms with van der Waals surface area (Å²) >= 11 is 0. The molecule has 2 N–H and O–H groups in total. The van der Waals surface area contributed by atoms with Crippen LogP contribution >= 0.6 is 0 Å². The number of amides is 1. The molecular formula is C16H31NO2. The summed E-state index contributed by atoms with van der Waals surface area (Å²) in [5.74, 6) is 1.37. The zero-order valence-electron chi connectivity index (χ0n) is 12.8. The molecule has 0 radical (unpaired) electrons. The average molecular weight is 269 g/mol. The van der Waals surface area contributed by atoms with Crippen molar-refractivity contribution in [3.05, 3.63) is 0 Å². The van der Waals surface area contributed by atoms with E-state index in [9.17, 15) is 4.79 Å². The number of hydrogen-bond acceptors (Lipinski definition) is 2. The first-order chi connectivity index (χ1) is 9.08. The molecule has 1 rings (SSSR count). The van der Waals surface area contributed by atoms with E-state index in [1.165, 1.54) is 32.1 Å². The van der Waals surface area contributed by atoms with Gasteiger partial charge in [-0.05, 0) is 44.4 Å². The number of aliphatic hydroxyl groups excluding tert-OH is 1. The predicted octanol–water partition coefficient (Wildman–Crippen LogP) is 3.12. The van der Waals surface area contributed by atoms with Crippen molar-refractivity contribution in [2.75, 3.05) is 6.61 Å². The van der Waals surface area contributed by atoms with E-state index < -0.39 is 0 Å². The third-order valence-electron chi connectivity index (χ3n) is 4.69. The standard InChI is InChI=1S/C16H31NO2/c1-4-5-6-14-7-9-15(10-8-14)16(19)17-13(3)12(2)11-18/h12-15,18H,4-11H2,1-3H3,(H,17,19). The minimum Gasteiger partial charge on any atom is -0.396 e. The Morgan fingerprint density at radius 1 is 1.26 bits per heavy atom. The van der Waals surface area contributed by atoms with E-state index in [0.29, 0.717) is 0 Å². The second-order valence-electron chi connectivity index (χ2n) is 6.32. The van der Waals surface area contributed by atoms with Crippen molar-refractivity contribution in [1.29, 1.82) is 0 Å². The van der Waals surface area contributed by atoms with Crippen molar-refractivity contribution in [2.45, 2.75) is 71.8 Å². The van der Waals surface area contributed by atoms with E-state index in [2.05, 4.69) is 12.2 Å². The van der Waals surface area contributed by atoms with E-state index in [1.54, 1.807) is 0 Å². The van der Waals surface area contributed by atoms with Gasteiger partial charge in [0.1, 0.15) is 0 Å². The van der Waals surface area contributed by atoms with E-state index >= 15 is 0 Å². The minimum absolute atomic E-state index is 0.0651. The zero-order valence-corrected chi connectivity index (χ0v) is 12.8. The fraction of sp³-hybridized carbons (Fsp3) is 0.938. The molecular weight excluding hydrogens is 238 g/mol. The Kier molecular flexibility index (Phi) is 7.44. The molecule has 0 spiro atoms. The lowest BCUT2D eigenvalue weighted by molar-refractivity contribution is -0.127. The Balaban J connectivity index is 2.28. The van der Waals surface area contributed by atoms with Crippen molar-refractivity contribution in [1.82, 2.24) is 5.32 Å². The highest BCUT2D eigenvalue weighted by atomic mass is 16.3. The van der Waals surface area contributed by atoms with Gasteiger partial charge in [-0.3, -0.25) is 4.79 Å². The number of nitrogens with one attached hydrogen (secondary N) is 1. The Bertz CT molecular complexity index is 259. The number of carbonyl (C=O) groups is 1. The molecule has 3 heteroatoms. The zero-order chi connectivity index (χ0) is 14.3. The van der Waals surface area contributed by atoms with Crippen LogP contribution in [0.5, 0.6) is 0 Å². The molecule has 3 nitrogen and oxygen atoms in total. The maximum Gasteiger partial charge on any atom is 0.223 e. The normalized spacial score (nSPS) is 26.7. The topological polar surface area (TPSA) is 49.3 Å². The molecule has 112 valence electrons. The van der Waals surface area contributed by atoms with Crippen LogP contribution in [-0.4, -0.2) is 23.7 Å². The summed E-state index contributed by atoms with van der Waals surface area (Å²) in [6.07, 6.45) is 8.44. The van der Waals surface area contributed by atoms with Crippen LogP contribution in [0.4, 0.5) is 0 Å². The molecule has 1 amide bonds. The minimum atomic E-state index is 0.0651. The summed E-state index contributed by atoms with van der Waals surface area (Å²) in [5.41, 5.74) is 0. The van der Waals surface area contributed by atoms with Gasteiger partial charge in [0.05, 0.1) is 0 Å². The molecule has 0 aromatic heterocycles. The van der Waals surface area contributed by atoms with Crippen LogP contribution in [0.2, 0.25) is 0 Å². The number of rotatable bonds is 7. The highest BCUT2D eigenvalue weighted by Crippen LogP contribution is 2.32. The highest BCUT2D eigenvalue weighted by molar-refractivity contribution is 5.79. The van der Waals surface area contributed by atoms with E-state index in [1.807, 2.05) is 13.8 Å². The second-order valence-corrected chi connectivity index (χ2v) is 6.32. The summed E-state index contributed by atoms with van der Waals surface area (Å²) in [7, 11) is 0. The van der Waals surface area contributed by atoms with Gasteiger partial charge in [0.15, 0.2) is 0 Å². The molecule has 1 fully saturated rings. The molecule has 2 atom stereocenters. The Labute approximate surface area is 118 Å². The molecule has 0 aromatic carbocycles. The van der Waals surface area contributed by atoms with Crippen LogP contribution in [0, 0.1) is 17.8 Å². The van der Waals surface area contributed by atoms with Gasteiger partial charge in [0.25, 0.3) is 0 Å². The Morgan fingerprint density at radius 2 is 1.89 bits per heavy atom. The Hall–Kier alpha value is -0.570. The van der Waals surface area contributed by atoms with Crippen LogP contribution in [-0.2, 0) is 4.79 Å². The van der Waals surface area contributed by atoms with E-state index in [4.69, 9.17) is 5.11 Å². The lowest BCUT2D eigenvalue weighted by Crippen LogP contribution is -2.42. The molecule has 0 heterocycles. The van der Waals surface area contributed by atoms with Gasteiger partial charge < -0.3 is 10.4 Å². The van der Waals surface area contributed by atoms with Gasteiger partial charge in [-0.1, -0.05) is 33.1 Å². The van der Waals surface area contributed by atoms with Gasteiger partial charge in [0.2, 0.25) is 5.91 Å². The lowest BCUT2D eigenvalue weighted by atomic mass is 9.79. The molecule has 0 aliphatic heterocycles. The number of carbonyl (C=O) groups excluding carboxylic acids is 1.